The van der Waals surface area contributed by atoms with Crippen LogP contribution in [0.4, 0.5) is 0 Å². The average molecular weight is 274 g/mol. The van der Waals surface area contributed by atoms with Crippen molar-refractivity contribution in [1.29, 1.82) is 0 Å². The molecule has 5 heteroatoms. The van der Waals surface area contributed by atoms with E-state index < -0.39 is 6.10 Å². The summed E-state index contributed by atoms with van der Waals surface area (Å²) in [5.41, 5.74) is 0. The molecule has 0 saturated heterocycles. The summed E-state index contributed by atoms with van der Waals surface area (Å²) in [5.74, 6) is 0.674. The van der Waals surface area contributed by atoms with E-state index in [2.05, 4.69) is 5.32 Å². The SMILES string of the molecule is CCC(CO)NCC(O)COc1ccc(Cl)cc1. The molecule has 3 N–H and O–H groups in total. The molecule has 2 atom stereocenters. The first kappa shape index (κ1) is 15.2. The van der Waals surface area contributed by atoms with Gasteiger partial charge in [0.2, 0.25) is 0 Å². The summed E-state index contributed by atoms with van der Waals surface area (Å²) in [6, 6.07) is 7.01. The lowest BCUT2D eigenvalue weighted by Gasteiger charge is -2.17. The minimum atomic E-state index is -0.610. The molecule has 0 bridgehead atoms. The van der Waals surface area contributed by atoms with Gasteiger partial charge >= 0.3 is 0 Å². The maximum atomic E-state index is 9.71. The zero-order chi connectivity index (χ0) is 13.4. The number of ether oxygens (including phenoxy) is 1. The van der Waals surface area contributed by atoms with Gasteiger partial charge < -0.3 is 20.3 Å². The van der Waals surface area contributed by atoms with E-state index in [1.807, 2.05) is 6.92 Å². The van der Waals surface area contributed by atoms with E-state index in [4.69, 9.17) is 21.4 Å². The molecule has 0 aromatic heterocycles. The minimum Gasteiger partial charge on any atom is -0.491 e. The Morgan fingerprint density at radius 3 is 2.56 bits per heavy atom. The van der Waals surface area contributed by atoms with Crippen LogP contribution >= 0.6 is 11.6 Å². The molecule has 0 fully saturated rings. The van der Waals surface area contributed by atoms with Crippen molar-refractivity contribution in [2.45, 2.75) is 25.5 Å². The van der Waals surface area contributed by atoms with E-state index >= 15 is 0 Å². The molecule has 0 saturated carbocycles. The summed E-state index contributed by atoms with van der Waals surface area (Å²) in [7, 11) is 0. The summed E-state index contributed by atoms with van der Waals surface area (Å²) >= 11 is 5.75. The molecule has 102 valence electrons. The molecule has 0 spiro atoms. The standard InChI is InChI=1S/C13H20ClNO3/c1-2-11(8-16)15-7-12(17)9-18-13-5-3-10(14)4-6-13/h3-6,11-12,15-17H,2,7-9H2,1H3. The first-order chi connectivity index (χ1) is 8.65. The Hall–Kier alpha value is -0.810. The third-order valence-electron chi connectivity index (χ3n) is 2.61. The van der Waals surface area contributed by atoms with Gasteiger partial charge in [-0.1, -0.05) is 18.5 Å². The molecule has 2 unspecified atom stereocenters. The molecule has 18 heavy (non-hydrogen) atoms. The number of hydrogen-bond donors (Lipinski definition) is 3. The van der Waals surface area contributed by atoms with Crippen LogP contribution in [0.2, 0.25) is 5.02 Å². The number of rotatable bonds is 8. The normalized spacial score (nSPS) is 14.2. The van der Waals surface area contributed by atoms with Gasteiger partial charge in [-0.15, -0.1) is 0 Å². The Kier molecular flexibility index (Phi) is 7.05. The lowest BCUT2D eigenvalue weighted by Crippen LogP contribution is -2.39. The second-order valence-corrected chi connectivity index (χ2v) is 4.55. The molecule has 0 aliphatic rings. The molecular formula is C13H20ClNO3. The summed E-state index contributed by atoms with van der Waals surface area (Å²) < 4.78 is 5.41. The van der Waals surface area contributed by atoms with Gasteiger partial charge in [-0.05, 0) is 30.7 Å². The van der Waals surface area contributed by atoms with Crippen molar-refractivity contribution >= 4 is 11.6 Å². The lowest BCUT2D eigenvalue weighted by atomic mass is 10.2. The van der Waals surface area contributed by atoms with Crippen molar-refractivity contribution < 1.29 is 14.9 Å². The second kappa shape index (κ2) is 8.32. The monoisotopic (exact) mass is 273 g/mol. The Balaban J connectivity index is 2.24. The van der Waals surface area contributed by atoms with E-state index in [0.29, 0.717) is 17.3 Å². The van der Waals surface area contributed by atoms with Crippen molar-refractivity contribution in [3.05, 3.63) is 29.3 Å². The van der Waals surface area contributed by atoms with Crippen LogP contribution < -0.4 is 10.1 Å². The van der Waals surface area contributed by atoms with E-state index in [9.17, 15) is 5.11 Å². The van der Waals surface area contributed by atoms with Gasteiger partial charge in [-0.2, -0.15) is 0 Å². The fourth-order valence-corrected chi connectivity index (χ4v) is 1.55. The smallest absolute Gasteiger partial charge is 0.119 e. The fourth-order valence-electron chi connectivity index (χ4n) is 1.42. The molecule has 0 amide bonds. The number of nitrogens with one attached hydrogen (secondary N) is 1. The van der Waals surface area contributed by atoms with Gasteiger partial charge in [0, 0.05) is 17.6 Å². The maximum absolute atomic E-state index is 9.71. The first-order valence-electron chi connectivity index (χ1n) is 6.06. The Labute approximate surface area is 113 Å². The molecule has 1 aromatic rings. The molecular weight excluding hydrogens is 254 g/mol. The van der Waals surface area contributed by atoms with Crippen LogP contribution in [0.3, 0.4) is 0 Å². The largest absolute Gasteiger partial charge is 0.491 e. The zero-order valence-corrected chi connectivity index (χ0v) is 11.2. The molecule has 1 aromatic carbocycles. The number of aliphatic hydroxyl groups is 2. The van der Waals surface area contributed by atoms with Crippen molar-refractivity contribution in [2.75, 3.05) is 19.8 Å². The van der Waals surface area contributed by atoms with E-state index in [1.54, 1.807) is 24.3 Å². The molecule has 0 radical (unpaired) electrons. The molecule has 4 nitrogen and oxygen atoms in total. The van der Waals surface area contributed by atoms with Crippen LogP contribution in [0.1, 0.15) is 13.3 Å². The van der Waals surface area contributed by atoms with Gasteiger partial charge in [0.05, 0.1) is 6.61 Å². The van der Waals surface area contributed by atoms with Crippen LogP contribution in [0, 0.1) is 0 Å². The number of hydrogen-bond acceptors (Lipinski definition) is 4. The quantitative estimate of drug-likeness (QED) is 0.671. The predicted octanol–water partition coefficient (Wildman–Crippen LogP) is 1.44. The first-order valence-corrected chi connectivity index (χ1v) is 6.44. The number of benzene rings is 1. The summed E-state index contributed by atoms with van der Waals surface area (Å²) in [4.78, 5) is 0. The summed E-state index contributed by atoms with van der Waals surface area (Å²) in [6.07, 6.45) is 0.211. The third-order valence-corrected chi connectivity index (χ3v) is 2.86. The third kappa shape index (κ3) is 5.69. The van der Waals surface area contributed by atoms with E-state index in [0.717, 1.165) is 6.42 Å². The molecule has 1 rings (SSSR count). The minimum absolute atomic E-state index is 0.0233. The van der Waals surface area contributed by atoms with Gasteiger partial charge in [0.15, 0.2) is 0 Å². The van der Waals surface area contributed by atoms with Crippen LogP contribution in [0.5, 0.6) is 5.75 Å². The number of aliphatic hydroxyl groups excluding tert-OH is 2. The fraction of sp³-hybridized carbons (Fsp3) is 0.538. The Morgan fingerprint density at radius 2 is 2.00 bits per heavy atom. The van der Waals surface area contributed by atoms with Gasteiger partial charge in [-0.25, -0.2) is 0 Å². The van der Waals surface area contributed by atoms with Crippen LogP contribution in [0.15, 0.2) is 24.3 Å². The highest BCUT2D eigenvalue weighted by Crippen LogP contribution is 2.15. The zero-order valence-electron chi connectivity index (χ0n) is 10.5. The second-order valence-electron chi connectivity index (χ2n) is 4.11. The molecule has 0 aliphatic heterocycles. The summed E-state index contributed by atoms with van der Waals surface area (Å²) in [5, 5.41) is 22.4. The van der Waals surface area contributed by atoms with Crippen molar-refractivity contribution in [2.24, 2.45) is 0 Å². The van der Waals surface area contributed by atoms with Crippen LogP contribution in [0.25, 0.3) is 0 Å². The van der Waals surface area contributed by atoms with Gasteiger partial charge in [0.1, 0.15) is 18.5 Å². The molecule has 0 heterocycles. The van der Waals surface area contributed by atoms with Crippen LogP contribution in [-0.2, 0) is 0 Å². The van der Waals surface area contributed by atoms with Crippen molar-refractivity contribution in [3.8, 4) is 5.75 Å². The van der Waals surface area contributed by atoms with E-state index in [-0.39, 0.29) is 19.3 Å². The topological polar surface area (TPSA) is 61.7 Å². The van der Waals surface area contributed by atoms with Crippen molar-refractivity contribution in [3.63, 3.8) is 0 Å². The predicted molar refractivity (Wildman–Crippen MR) is 72.1 cm³/mol. The lowest BCUT2D eigenvalue weighted by molar-refractivity contribution is 0.0995. The highest BCUT2D eigenvalue weighted by Gasteiger charge is 2.09. The number of halogens is 1. The highest BCUT2D eigenvalue weighted by atomic mass is 35.5. The van der Waals surface area contributed by atoms with Gasteiger partial charge in [0.25, 0.3) is 0 Å². The van der Waals surface area contributed by atoms with Crippen LogP contribution in [-0.4, -0.2) is 42.1 Å². The highest BCUT2D eigenvalue weighted by molar-refractivity contribution is 6.30. The Bertz CT molecular complexity index is 328. The van der Waals surface area contributed by atoms with Crippen molar-refractivity contribution in [1.82, 2.24) is 5.32 Å². The molecule has 0 aliphatic carbocycles. The van der Waals surface area contributed by atoms with Gasteiger partial charge in [-0.3, -0.25) is 0 Å². The Morgan fingerprint density at radius 1 is 1.33 bits per heavy atom. The van der Waals surface area contributed by atoms with E-state index in [1.165, 1.54) is 0 Å². The summed E-state index contributed by atoms with van der Waals surface area (Å²) in [6.45, 7) is 2.65. The maximum Gasteiger partial charge on any atom is 0.119 e. The average Bonchev–Trinajstić information content (AvgIpc) is 2.39.